The van der Waals surface area contributed by atoms with Crippen LogP contribution in [-0.4, -0.2) is 42.4 Å². The maximum absolute atomic E-state index is 15.5. The number of fused-ring (bicyclic) bond motifs is 1. The third kappa shape index (κ3) is 5.87. The summed E-state index contributed by atoms with van der Waals surface area (Å²) < 4.78 is 31.0. The summed E-state index contributed by atoms with van der Waals surface area (Å²) >= 11 is 6.61. The van der Waals surface area contributed by atoms with Crippen LogP contribution >= 0.6 is 11.6 Å². The van der Waals surface area contributed by atoms with Crippen LogP contribution in [0.15, 0.2) is 72.9 Å². The van der Waals surface area contributed by atoms with Crippen molar-refractivity contribution in [2.45, 2.75) is 39.2 Å². The van der Waals surface area contributed by atoms with Crippen molar-refractivity contribution in [3.63, 3.8) is 0 Å². The summed E-state index contributed by atoms with van der Waals surface area (Å²) in [7, 11) is 0. The molecule has 0 atom stereocenters. The number of benzene rings is 2. The minimum atomic E-state index is -3.34. The van der Waals surface area contributed by atoms with Crippen molar-refractivity contribution in [1.29, 1.82) is 0 Å². The molecular formula is C31H31ClF2N4O2. The Morgan fingerprint density at radius 3 is 2.52 bits per heavy atom. The van der Waals surface area contributed by atoms with Crippen molar-refractivity contribution in [2.24, 2.45) is 5.41 Å². The highest BCUT2D eigenvalue weighted by molar-refractivity contribution is 6.35. The number of amides is 2. The van der Waals surface area contributed by atoms with Gasteiger partial charge in [-0.15, -0.1) is 0 Å². The lowest BCUT2D eigenvalue weighted by atomic mass is 9.93. The molecule has 6 nitrogen and oxygen atoms in total. The van der Waals surface area contributed by atoms with Crippen LogP contribution in [0.3, 0.4) is 0 Å². The number of aromatic nitrogens is 1. The molecule has 3 aromatic rings. The van der Waals surface area contributed by atoms with Crippen molar-refractivity contribution < 1.29 is 18.4 Å². The van der Waals surface area contributed by atoms with Crippen molar-refractivity contribution in [3.8, 4) is 0 Å². The lowest BCUT2D eigenvalue weighted by Gasteiger charge is -2.25. The molecule has 2 aromatic carbocycles. The minimum absolute atomic E-state index is 0.102. The molecule has 2 aliphatic rings. The topological polar surface area (TPSA) is 65.5 Å². The summed E-state index contributed by atoms with van der Waals surface area (Å²) in [5.41, 5.74) is 1.96. The van der Waals surface area contributed by atoms with Crippen LogP contribution < -0.4 is 15.1 Å². The third-order valence-corrected chi connectivity index (χ3v) is 7.76. The predicted octanol–water partition coefficient (Wildman–Crippen LogP) is 6.36. The monoisotopic (exact) mass is 564 g/mol. The van der Waals surface area contributed by atoms with Crippen molar-refractivity contribution in [3.05, 3.63) is 94.8 Å². The molecule has 2 aliphatic heterocycles. The summed E-state index contributed by atoms with van der Waals surface area (Å²) in [4.78, 5) is 34.2. The Labute approximate surface area is 237 Å². The Bertz CT molecular complexity index is 1460. The van der Waals surface area contributed by atoms with Gasteiger partial charge in [0.2, 0.25) is 5.91 Å². The fraction of sp³-hybridized carbons (Fsp3) is 0.323. The molecule has 2 amide bonds. The zero-order chi connectivity index (χ0) is 28.5. The number of para-hydroxylation sites is 1. The molecule has 0 bridgehead atoms. The van der Waals surface area contributed by atoms with E-state index >= 15 is 8.78 Å². The fourth-order valence-corrected chi connectivity index (χ4v) is 5.51. The van der Waals surface area contributed by atoms with E-state index in [2.05, 4.69) is 29.0 Å². The summed E-state index contributed by atoms with van der Waals surface area (Å²) in [5.74, 6) is -4.48. The quantitative estimate of drug-likeness (QED) is 0.366. The highest BCUT2D eigenvalue weighted by Gasteiger charge is 2.41. The second kappa shape index (κ2) is 11.0. The van der Waals surface area contributed by atoms with Gasteiger partial charge in [-0.05, 0) is 48.2 Å². The number of halogens is 3. The molecule has 1 N–H and O–H groups in total. The number of rotatable bonds is 5. The van der Waals surface area contributed by atoms with E-state index in [9.17, 15) is 9.59 Å². The van der Waals surface area contributed by atoms with Crippen molar-refractivity contribution >= 4 is 40.4 Å². The van der Waals surface area contributed by atoms with Gasteiger partial charge in [0.1, 0.15) is 0 Å². The SMILES string of the molecule is CC1(C)CCN(c2ccc(C(=O)N3CCC(F)(F)/C(=C\C(=O)NCc4ccccn4)c4ccccc43)c(Cl)c2)C1. The van der Waals surface area contributed by atoms with Gasteiger partial charge in [-0.3, -0.25) is 14.6 Å². The maximum atomic E-state index is 15.5. The van der Waals surface area contributed by atoms with Crippen LogP contribution in [0.1, 0.15) is 48.3 Å². The van der Waals surface area contributed by atoms with Crippen LogP contribution in [0.25, 0.3) is 5.57 Å². The number of nitrogens with one attached hydrogen (secondary N) is 1. The summed E-state index contributed by atoms with van der Waals surface area (Å²) in [6.45, 7) is 6.07. The van der Waals surface area contributed by atoms with E-state index in [1.54, 1.807) is 54.7 Å². The normalized spacial score (nSPS) is 18.8. The molecule has 40 heavy (non-hydrogen) atoms. The van der Waals surface area contributed by atoms with Gasteiger partial charge in [0.15, 0.2) is 0 Å². The number of carbonyl (C=O) groups excluding carboxylic acids is 2. The smallest absolute Gasteiger partial charge is 0.275 e. The molecule has 1 saturated heterocycles. The number of allylic oxidation sites excluding steroid dienone is 1. The summed E-state index contributed by atoms with van der Waals surface area (Å²) in [6, 6.07) is 17.0. The van der Waals surface area contributed by atoms with Gasteiger partial charge in [0, 0.05) is 55.2 Å². The predicted molar refractivity (Wildman–Crippen MR) is 154 cm³/mol. The van der Waals surface area contributed by atoms with E-state index in [1.165, 1.54) is 11.0 Å². The zero-order valence-corrected chi connectivity index (χ0v) is 23.2. The second-order valence-electron chi connectivity index (χ2n) is 11.0. The van der Waals surface area contributed by atoms with Crippen LogP contribution in [0.4, 0.5) is 20.2 Å². The van der Waals surface area contributed by atoms with Crippen molar-refractivity contribution in [2.75, 3.05) is 29.4 Å². The van der Waals surface area contributed by atoms with E-state index in [1.807, 2.05) is 6.07 Å². The second-order valence-corrected chi connectivity index (χ2v) is 11.4. The number of alkyl halides is 2. The lowest BCUT2D eigenvalue weighted by Crippen LogP contribution is -2.33. The van der Waals surface area contributed by atoms with Crippen LogP contribution in [0, 0.1) is 5.41 Å². The van der Waals surface area contributed by atoms with Gasteiger partial charge in [-0.2, -0.15) is 0 Å². The van der Waals surface area contributed by atoms with E-state index in [0.717, 1.165) is 31.3 Å². The highest BCUT2D eigenvalue weighted by atomic mass is 35.5. The molecule has 208 valence electrons. The van der Waals surface area contributed by atoms with Crippen LogP contribution in [0.5, 0.6) is 0 Å². The maximum Gasteiger partial charge on any atom is 0.275 e. The Hall–Kier alpha value is -3.78. The average molecular weight is 565 g/mol. The molecule has 0 unspecified atom stereocenters. The van der Waals surface area contributed by atoms with Gasteiger partial charge < -0.3 is 15.1 Å². The number of hydrogen-bond acceptors (Lipinski definition) is 4. The molecule has 0 aliphatic carbocycles. The van der Waals surface area contributed by atoms with E-state index in [0.29, 0.717) is 11.4 Å². The lowest BCUT2D eigenvalue weighted by molar-refractivity contribution is -0.116. The van der Waals surface area contributed by atoms with E-state index < -0.39 is 29.7 Å². The Kier molecular flexibility index (Phi) is 7.64. The molecule has 3 heterocycles. The Morgan fingerprint density at radius 2 is 1.82 bits per heavy atom. The van der Waals surface area contributed by atoms with Gasteiger partial charge in [0.05, 0.1) is 28.5 Å². The van der Waals surface area contributed by atoms with E-state index in [-0.39, 0.29) is 34.7 Å². The Morgan fingerprint density at radius 1 is 1.05 bits per heavy atom. The van der Waals surface area contributed by atoms with Gasteiger partial charge >= 0.3 is 0 Å². The Balaban J connectivity index is 1.43. The third-order valence-electron chi connectivity index (χ3n) is 7.44. The molecule has 0 saturated carbocycles. The first kappa shape index (κ1) is 27.8. The molecule has 1 fully saturated rings. The number of pyridine rings is 1. The standard InChI is InChI=1S/C31H31ClF2N4O2/c1-30(2)12-15-37(20-30)22-10-11-24(26(32)17-22)29(40)38-16-13-31(33,34)25(23-8-3-4-9-27(23)38)18-28(39)36-19-21-7-5-6-14-35-21/h3-11,14,17-18H,12-13,15-16,19-20H2,1-2H3,(H,36,39)/b25-18-. The number of nitrogens with zero attached hydrogens (tertiary/aromatic N) is 3. The average Bonchev–Trinajstić information content (AvgIpc) is 3.25. The summed E-state index contributed by atoms with van der Waals surface area (Å²) in [5, 5.41) is 2.89. The molecule has 0 radical (unpaired) electrons. The number of carbonyl (C=O) groups is 2. The van der Waals surface area contributed by atoms with Crippen LogP contribution in [-0.2, 0) is 11.3 Å². The zero-order valence-electron chi connectivity index (χ0n) is 22.5. The largest absolute Gasteiger partial charge is 0.371 e. The first-order valence-electron chi connectivity index (χ1n) is 13.3. The van der Waals surface area contributed by atoms with Crippen LogP contribution in [0.2, 0.25) is 5.02 Å². The van der Waals surface area contributed by atoms with Gasteiger partial charge in [-0.25, -0.2) is 8.78 Å². The van der Waals surface area contributed by atoms with Gasteiger partial charge in [0.25, 0.3) is 11.8 Å². The highest BCUT2D eigenvalue weighted by Crippen LogP contribution is 2.43. The molecular weight excluding hydrogens is 534 g/mol. The fourth-order valence-electron chi connectivity index (χ4n) is 5.25. The first-order chi connectivity index (χ1) is 19.0. The first-order valence-corrected chi connectivity index (χ1v) is 13.7. The van der Waals surface area contributed by atoms with E-state index in [4.69, 9.17) is 11.6 Å². The molecule has 5 rings (SSSR count). The number of anilines is 2. The van der Waals surface area contributed by atoms with Gasteiger partial charge in [-0.1, -0.05) is 49.7 Å². The number of hydrogen-bond donors (Lipinski definition) is 1. The van der Waals surface area contributed by atoms with Crippen molar-refractivity contribution in [1.82, 2.24) is 10.3 Å². The molecule has 9 heteroatoms. The minimum Gasteiger partial charge on any atom is -0.371 e. The summed E-state index contributed by atoms with van der Waals surface area (Å²) in [6.07, 6.45) is 2.93. The molecule has 0 spiro atoms. The molecule has 1 aromatic heterocycles.